The lowest BCUT2D eigenvalue weighted by molar-refractivity contribution is -0.128. The van der Waals surface area contributed by atoms with Crippen LogP contribution in [0.5, 0.6) is 0 Å². The molecule has 2 fully saturated rings. The minimum Gasteiger partial charge on any atom is -0.339 e. The van der Waals surface area contributed by atoms with Crippen LogP contribution in [0.4, 0.5) is 0 Å². The van der Waals surface area contributed by atoms with Crippen LogP contribution in [0.25, 0.3) is 0 Å². The molecule has 3 heteroatoms. The molecule has 1 atom stereocenters. The van der Waals surface area contributed by atoms with Crippen molar-refractivity contribution in [3.63, 3.8) is 0 Å². The summed E-state index contributed by atoms with van der Waals surface area (Å²) >= 11 is 0. The molecule has 1 heterocycles. The van der Waals surface area contributed by atoms with Crippen LogP contribution >= 0.6 is 0 Å². The highest BCUT2D eigenvalue weighted by Gasteiger charge is 2.40. The van der Waals surface area contributed by atoms with E-state index in [2.05, 4.69) is 0 Å². The van der Waals surface area contributed by atoms with Crippen molar-refractivity contribution >= 4 is 11.7 Å². The van der Waals surface area contributed by atoms with Gasteiger partial charge in [-0.2, -0.15) is 0 Å². The van der Waals surface area contributed by atoms with E-state index >= 15 is 0 Å². The Kier molecular flexibility index (Phi) is 1.67. The molecule has 0 spiro atoms. The van der Waals surface area contributed by atoms with Gasteiger partial charge in [0.15, 0.2) is 0 Å². The number of hydrogen-bond acceptors (Lipinski definition) is 2. The van der Waals surface area contributed by atoms with E-state index in [-0.39, 0.29) is 17.6 Å². The molecule has 2 aliphatic rings. The molecule has 1 aliphatic carbocycles. The number of carbonyl (C=O) groups excluding carboxylic acids is 2. The van der Waals surface area contributed by atoms with Gasteiger partial charge < -0.3 is 4.90 Å². The maximum atomic E-state index is 11.3. The summed E-state index contributed by atoms with van der Waals surface area (Å²) < 4.78 is 0. The lowest BCUT2D eigenvalue weighted by atomic mass is 10.1. The molecule has 0 aromatic carbocycles. The second-order valence-corrected chi connectivity index (χ2v) is 3.79. The van der Waals surface area contributed by atoms with Crippen molar-refractivity contribution < 1.29 is 9.59 Å². The quantitative estimate of drug-likeness (QED) is 0.603. The average Bonchev–Trinajstić information content (AvgIpc) is 2.75. The number of Topliss-reactive ketones (excluding diaryl/α,β-unsaturated/α-hetero) is 1. The minimum atomic E-state index is -0.0156. The predicted molar refractivity (Wildman–Crippen MR) is 43.5 cm³/mol. The first kappa shape index (κ1) is 7.77. The lowest BCUT2D eigenvalue weighted by Gasteiger charge is -2.14. The van der Waals surface area contributed by atoms with Gasteiger partial charge in [-0.3, -0.25) is 9.59 Å². The zero-order valence-electron chi connectivity index (χ0n) is 7.25. The minimum absolute atomic E-state index is 0.0156. The molecule has 1 aliphatic heterocycles. The number of likely N-dealkylation sites (tertiary alicyclic amines) is 1. The summed E-state index contributed by atoms with van der Waals surface area (Å²) in [6.45, 7) is 2.26. The topological polar surface area (TPSA) is 37.4 Å². The van der Waals surface area contributed by atoms with Crippen LogP contribution in [0.1, 0.15) is 26.2 Å². The molecule has 2 rings (SSSR count). The third-order valence-corrected chi connectivity index (χ3v) is 2.72. The molecule has 66 valence electrons. The van der Waals surface area contributed by atoms with Crippen LogP contribution < -0.4 is 0 Å². The average molecular weight is 167 g/mol. The third kappa shape index (κ3) is 1.24. The number of carbonyl (C=O) groups is 2. The normalized spacial score (nSPS) is 29.6. The summed E-state index contributed by atoms with van der Waals surface area (Å²) in [5.41, 5.74) is 0. The first-order valence-electron chi connectivity index (χ1n) is 4.48. The Labute approximate surface area is 71.7 Å². The zero-order chi connectivity index (χ0) is 8.72. The van der Waals surface area contributed by atoms with E-state index in [1.807, 2.05) is 4.90 Å². The van der Waals surface area contributed by atoms with Crippen LogP contribution in [-0.2, 0) is 9.59 Å². The van der Waals surface area contributed by atoms with Gasteiger partial charge in [0.25, 0.3) is 0 Å². The monoisotopic (exact) mass is 167 g/mol. The van der Waals surface area contributed by atoms with Crippen molar-refractivity contribution in [2.24, 2.45) is 5.92 Å². The SMILES string of the molecule is CC(=O)C1CC(=O)N(C2CC2)C1. The molecule has 12 heavy (non-hydrogen) atoms. The summed E-state index contributed by atoms with van der Waals surface area (Å²) in [5, 5.41) is 0. The highest BCUT2D eigenvalue weighted by Crippen LogP contribution is 2.32. The van der Waals surface area contributed by atoms with Gasteiger partial charge in [0.2, 0.25) is 5.91 Å². The molecule has 1 saturated carbocycles. The van der Waals surface area contributed by atoms with Gasteiger partial charge in [0.1, 0.15) is 5.78 Å². The van der Waals surface area contributed by atoms with E-state index < -0.39 is 0 Å². The Morgan fingerprint density at radius 1 is 1.50 bits per heavy atom. The van der Waals surface area contributed by atoms with E-state index in [1.165, 1.54) is 0 Å². The van der Waals surface area contributed by atoms with Crippen LogP contribution in [0.15, 0.2) is 0 Å². The van der Waals surface area contributed by atoms with Crippen molar-refractivity contribution in [2.75, 3.05) is 6.54 Å². The number of hydrogen-bond donors (Lipinski definition) is 0. The fourth-order valence-electron chi connectivity index (χ4n) is 1.74. The maximum Gasteiger partial charge on any atom is 0.223 e. The molecule has 0 N–H and O–H groups in total. The smallest absolute Gasteiger partial charge is 0.223 e. The second-order valence-electron chi connectivity index (χ2n) is 3.79. The Bertz CT molecular complexity index is 233. The largest absolute Gasteiger partial charge is 0.339 e. The van der Waals surface area contributed by atoms with Gasteiger partial charge in [-0.15, -0.1) is 0 Å². The molecular formula is C9H13NO2. The molecule has 1 amide bonds. The van der Waals surface area contributed by atoms with Crippen molar-refractivity contribution in [1.29, 1.82) is 0 Å². The van der Waals surface area contributed by atoms with Crippen molar-refractivity contribution in [3.05, 3.63) is 0 Å². The summed E-state index contributed by atoms with van der Waals surface area (Å²) in [5.74, 6) is 0.322. The highest BCUT2D eigenvalue weighted by atomic mass is 16.2. The molecule has 0 aromatic rings. The van der Waals surface area contributed by atoms with Crippen LogP contribution in [-0.4, -0.2) is 29.2 Å². The van der Waals surface area contributed by atoms with E-state index in [9.17, 15) is 9.59 Å². The molecule has 0 bridgehead atoms. The van der Waals surface area contributed by atoms with Gasteiger partial charge in [-0.1, -0.05) is 0 Å². The standard InChI is InChI=1S/C9H13NO2/c1-6(11)7-4-9(12)10(5-7)8-2-3-8/h7-8H,2-5H2,1H3. The Hall–Kier alpha value is -0.860. The van der Waals surface area contributed by atoms with E-state index in [0.717, 1.165) is 12.8 Å². The molecular weight excluding hydrogens is 154 g/mol. The number of nitrogens with zero attached hydrogens (tertiary/aromatic N) is 1. The van der Waals surface area contributed by atoms with Gasteiger partial charge >= 0.3 is 0 Å². The zero-order valence-corrected chi connectivity index (χ0v) is 7.25. The van der Waals surface area contributed by atoms with E-state index in [1.54, 1.807) is 6.92 Å². The molecule has 0 aromatic heterocycles. The number of amides is 1. The molecule has 0 radical (unpaired) electrons. The van der Waals surface area contributed by atoms with Crippen LogP contribution in [0.2, 0.25) is 0 Å². The Balaban J connectivity index is 2.01. The fourth-order valence-corrected chi connectivity index (χ4v) is 1.74. The van der Waals surface area contributed by atoms with E-state index in [0.29, 0.717) is 19.0 Å². The van der Waals surface area contributed by atoms with Crippen molar-refractivity contribution in [2.45, 2.75) is 32.2 Å². The first-order valence-corrected chi connectivity index (χ1v) is 4.48. The van der Waals surface area contributed by atoms with Gasteiger partial charge in [-0.05, 0) is 19.8 Å². The second kappa shape index (κ2) is 2.57. The third-order valence-electron chi connectivity index (χ3n) is 2.72. The Morgan fingerprint density at radius 3 is 2.58 bits per heavy atom. The summed E-state index contributed by atoms with van der Waals surface area (Å²) in [6.07, 6.45) is 2.72. The van der Waals surface area contributed by atoms with Crippen LogP contribution in [0, 0.1) is 5.92 Å². The maximum absolute atomic E-state index is 11.3. The van der Waals surface area contributed by atoms with Gasteiger partial charge in [0.05, 0.1) is 0 Å². The Morgan fingerprint density at radius 2 is 2.17 bits per heavy atom. The predicted octanol–water partition coefficient (Wildman–Crippen LogP) is 0.586. The molecule has 1 unspecified atom stereocenters. The van der Waals surface area contributed by atoms with Gasteiger partial charge in [0, 0.05) is 24.9 Å². The van der Waals surface area contributed by atoms with Crippen molar-refractivity contribution in [1.82, 2.24) is 4.90 Å². The summed E-state index contributed by atoms with van der Waals surface area (Å²) in [4.78, 5) is 24.2. The van der Waals surface area contributed by atoms with Crippen LogP contribution in [0.3, 0.4) is 0 Å². The highest BCUT2D eigenvalue weighted by molar-refractivity contribution is 5.89. The summed E-state index contributed by atoms with van der Waals surface area (Å²) in [6, 6.07) is 0.474. The number of rotatable bonds is 2. The van der Waals surface area contributed by atoms with E-state index in [4.69, 9.17) is 0 Å². The first-order chi connectivity index (χ1) is 5.68. The summed E-state index contributed by atoms with van der Waals surface area (Å²) in [7, 11) is 0. The van der Waals surface area contributed by atoms with Crippen molar-refractivity contribution in [3.8, 4) is 0 Å². The lowest BCUT2D eigenvalue weighted by Crippen LogP contribution is -2.27. The molecule has 3 nitrogen and oxygen atoms in total. The fraction of sp³-hybridized carbons (Fsp3) is 0.778. The van der Waals surface area contributed by atoms with Gasteiger partial charge in [-0.25, -0.2) is 0 Å². The number of ketones is 1. The molecule has 1 saturated heterocycles.